The molecule has 0 aliphatic carbocycles. The highest BCUT2D eigenvalue weighted by Crippen LogP contribution is 2.31. The summed E-state index contributed by atoms with van der Waals surface area (Å²) in [6.07, 6.45) is 0.252. The first kappa shape index (κ1) is 15.4. The minimum absolute atomic E-state index is 0.142. The molecule has 5 nitrogen and oxygen atoms in total. The van der Waals surface area contributed by atoms with Gasteiger partial charge in [-0.15, -0.1) is 0 Å². The lowest BCUT2D eigenvalue weighted by molar-refractivity contribution is 0.153. The van der Waals surface area contributed by atoms with E-state index < -0.39 is 12.2 Å². The second-order valence-electron chi connectivity index (χ2n) is 5.52. The van der Waals surface area contributed by atoms with Gasteiger partial charge >= 0.3 is 0 Å². The van der Waals surface area contributed by atoms with Crippen LogP contribution in [0, 0.1) is 5.82 Å². The molecule has 0 bridgehead atoms. The fourth-order valence-corrected chi connectivity index (χ4v) is 2.69. The Bertz CT molecular complexity index is 1070. The maximum Gasteiger partial charge on any atom is 0.264 e. The molecule has 4 aromatic rings. The third-order valence-corrected chi connectivity index (χ3v) is 3.87. The number of hydrogen-bond donors (Lipinski definition) is 0. The van der Waals surface area contributed by atoms with Crippen molar-refractivity contribution in [1.29, 1.82) is 0 Å². The molecule has 4 rings (SSSR count). The average molecular weight is 343 g/mol. The Morgan fingerprint density at radius 2 is 1.88 bits per heavy atom. The highest BCUT2D eigenvalue weighted by atomic mass is 19.3. The number of alkyl halides is 2. The summed E-state index contributed by atoms with van der Waals surface area (Å²) in [5.74, 6) is -0.517. The van der Waals surface area contributed by atoms with E-state index in [0.717, 1.165) is 0 Å². The van der Waals surface area contributed by atoms with E-state index in [2.05, 4.69) is 15.2 Å². The molecule has 0 spiro atoms. The summed E-state index contributed by atoms with van der Waals surface area (Å²) in [5.41, 5.74) is 0.814. The van der Waals surface area contributed by atoms with Crippen molar-refractivity contribution in [3.63, 3.8) is 0 Å². The van der Waals surface area contributed by atoms with Crippen LogP contribution in [-0.4, -0.2) is 24.5 Å². The van der Waals surface area contributed by atoms with Crippen LogP contribution in [0.1, 0.15) is 12.0 Å². The summed E-state index contributed by atoms with van der Waals surface area (Å²) in [6, 6.07) is 8.94. The van der Waals surface area contributed by atoms with Crippen molar-refractivity contribution in [3.05, 3.63) is 60.2 Å². The van der Waals surface area contributed by atoms with Crippen LogP contribution in [0.25, 0.3) is 28.1 Å². The fraction of sp³-hybridized carbons (Fsp3) is 0.118. The zero-order chi connectivity index (χ0) is 17.6. The molecular weight excluding hydrogens is 331 g/mol. The van der Waals surface area contributed by atoms with E-state index in [1.165, 1.54) is 29.1 Å². The number of pyridine rings is 1. The smallest absolute Gasteiger partial charge is 0.264 e. The van der Waals surface area contributed by atoms with Crippen LogP contribution >= 0.6 is 0 Å². The number of aromatic nitrogens is 5. The molecule has 1 aromatic carbocycles. The van der Waals surface area contributed by atoms with Crippen molar-refractivity contribution in [2.24, 2.45) is 7.05 Å². The standard InChI is InChI=1S/C17H12F3N5/c1-24-7-6-13(23-24)14-8-10(16(19)20)11-9-21-25(17(11)22-14)15-5-3-2-4-12(15)18/h2-9,16H,1H3. The maximum absolute atomic E-state index is 14.1. The first-order valence-electron chi connectivity index (χ1n) is 7.46. The molecule has 3 heterocycles. The van der Waals surface area contributed by atoms with Gasteiger partial charge in [0.15, 0.2) is 5.65 Å². The van der Waals surface area contributed by atoms with Gasteiger partial charge in [-0.2, -0.15) is 10.2 Å². The lowest BCUT2D eigenvalue weighted by Crippen LogP contribution is -2.02. The minimum Gasteiger partial charge on any atom is -0.275 e. The first-order chi connectivity index (χ1) is 12.0. The van der Waals surface area contributed by atoms with Crippen molar-refractivity contribution in [1.82, 2.24) is 24.5 Å². The van der Waals surface area contributed by atoms with Crippen LogP contribution in [0.15, 0.2) is 48.8 Å². The molecule has 0 aliphatic heterocycles. The maximum atomic E-state index is 14.1. The van der Waals surface area contributed by atoms with E-state index in [9.17, 15) is 13.2 Å². The van der Waals surface area contributed by atoms with Gasteiger partial charge in [0.05, 0.1) is 11.9 Å². The van der Waals surface area contributed by atoms with Gasteiger partial charge in [0, 0.05) is 24.2 Å². The van der Waals surface area contributed by atoms with Gasteiger partial charge in [0.2, 0.25) is 0 Å². The molecule has 0 radical (unpaired) electrons. The summed E-state index contributed by atoms with van der Waals surface area (Å²) >= 11 is 0. The van der Waals surface area contributed by atoms with E-state index in [1.807, 2.05) is 0 Å². The van der Waals surface area contributed by atoms with E-state index in [-0.39, 0.29) is 28.0 Å². The molecule has 0 fully saturated rings. The summed E-state index contributed by atoms with van der Waals surface area (Å²) < 4.78 is 43.9. The van der Waals surface area contributed by atoms with Gasteiger partial charge < -0.3 is 0 Å². The van der Waals surface area contributed by atoms with Crippen molar-refractivity contribution in [3.8, 4) is 17.1 Å². The topological polar surface area (TPSA) is 48.5 Å². The van der Waals surface area contributed by atoms with Gasteiger partial charge in [-0.05, 0) is 24.3 Å². The predicted octanol–water partition coefficient (Wildman–Crippen LogP) is 3.90. The lowest BCUT2D eigenvalue weighted by atomic mass is 10.1. The van der Waals surface area contributed by atoms with Crippen LogP contribution in [0.5, 0.6) is 0 Å². The molecule has 0 saturated heterocycles. The molecule has 126 valence electrons. The molecule has 8 heteroatoms. The average Bonchev–Trinajstić information content (AvgIpc) is 3.20. The lowest BCUT2D eigenvalue weighted by Gasteiger charge is -2.08. The minimum atomic E-state index is -2.72. The Kier molecular flexibility index (Phi) is 3.52. The molecule has 25 heavy (non-hydrogen) atoms. The number of nitrogens with zero attached hydrogens (tertiary/aromatic N) is 5. The van der Waals surface area contributed by atoms with Gasteiger partial charge in [-0.1, -0.05) is 12.1 Å². The van der Waals surface area contributed by atoms with Crippen LogP contribution < -0.4 is 0 Å². The summed E-state index contributed by atoms with van der Waals surface area (Å²) in [4.78, 5) is 4.40. The van der Waals surface area contributed by atoms with Gasteiger partial charge in [0.25, 0.3) is 6.43 Å². The summed E-state index contributed by atoms with van der Waals surface area (Å²) in [5, 5.41) is 8.44. The number of benzene rings is 1. The van der Waals surface area contributed by atoms with Crippen LogP contribution in [0.2, 0.25) is 0 Å². The normalized spacial score (nSPS) is 11.6. The number of fused-ring (bicyclic) bond motifs is 1. The molecule has 0 amide bonds. The van der Waals surface area contributed by atoms with E-state index in [0.29, 0.717) is 5.69 Å². The Labute approximate surface area is 140 Å². The predicted molar refractivity (Wildman–Crippen MR) is 86.0 cm³/mol. The summed E-state index contributed by atoms with van der Waals surface area (Å²) in [6.45, 7) is 0. The molecule has 0 aliphatic rings. The second-order valence-corrected chi connectivity index (χ2v) is 5.52. The second kappa shape index (κ2) is 5.73. The molecule has 0 saturated carbocycles. The number of rotatable bonds is 3. The Morgan fingerprint density at radius 1 is 1.08 bits per heavy atom. The van der Waals surface area contributed by atoms with Crippen LogP contribution in [0.4, 0.5) is 13.2 Å². The Morgan fingerprint density at radius 3 is 2.56 bits per heavy atom. The zero-order valence-electron chi connectivity index (χ0n) is 13.1. The quantitative estimate of drug-likeness (QED) is 0.567. The van der Waals surface area contributed by atoms with Crippen LogP contribution in [0.3, 0.4) is 0 Å². The van der Waals surface area contributed by atoms with Gasteiger partial charge in [-0.25, -0.2) is 22.8 Å². The molecule has 3 aromatic heterocycles. The van der Waals surface area contributed by atoms with Gasteiger partial charge in [0.1, 0.15) is 17.2 Å². The SMILES string of the molecule is Cn1ccc(-c2cc(C(F)F)c3cnn(-c4ccccc4F)c3n2)n1. The molecular formula is C17H12F3N5. The third kappa shape index (κ3) is 2.55. The molecule has 0 atom stereocenters. The van der Waals surface area contributed by atoms with E-state index >= 15 is 0 Å². The Balaban J connectivity index is 2.01. The Hall–Kier alpha value is -3.16. The van der Waals surface area contributed by atoms with E-state index in [1.54, 1.807) is 36.1 Å². The van der Waals surface area contributed by atoms with Crippen molar-refractivity contribution in [2.45, 2.75) is 6.43 Å². The number of hydrogen-bond acceptors (Lipinski definition) is 3. The van der Waals surface area contributed by atoms with Crippen molar-refractivity contribution < 1.29 is 13.2 Å². The van der Waals surface area contributed by atoms with Gasteiger partial charge in [-0.3, -0.25) is 4.68 Å². The summed E-state index contributed by atoms with van der Waals surface area (Å²) in [7, 11) is 1.72. The highest BCUT2D eigenvalue weighted by Gasteiger charge is 2.20. The number of para-hydroxylation sites is 1. The largest absolute Gasteiger partial charge is 0.275 e. The zero-order valence-corrected chi connectivity index (χ0v) is 13.1. The first-order valence-corrected chi connectivity index (χ1v) is 7.46. The highest BCUT2D eigenvalue weighted by molar-refractivity contribution is 5.83. The number of halogens is 3. The molecule has 0 N–H and O–H groups in total. The van der Waals surface area contributed by atoms with Crippen molar-refractivity contribution in [2.75, 3.05) is 0 Å². The third-order valence-electron chi connectivity index (χ3n) is 3.87. The fourth-order valence-electron chi connectivity index (χ4n) is 2.69. The monoisotopic (exact) mass is 343 g/mol. The van der Waals surface area contributed by atoms with Crippen molar-refractivity contribution >= 4 is 11.0 Å². The number of aryl methyl sites for hydroxylation is 1. The van der Waals surface area contributed by atoms with Crippen LogP contribution in [-0.2, 0) is 7.05 Å². The molecule has 0 unspecified atom stereocenters. The van der Waals surface area contributed by atoms with E-state index in [4.69, 9.17) is 0 Å².